The molecule has 4 nitrogen and oxygen atoms in total. The number of allylic oxidation sites excluding steroid dienone is 1. The molecular formula is C24H19F4NO3S. The molecule has 3 rings (SSSR count). The third-order valence-electron chi connectivity index (χ3n) is 4.91. The van der Waals surface area contributed by atoms with E-state index in [4.69, 9.17) is 0 Å². The Morgan fingerprint density at radius 3 is 1.91 bits per heavy atom. The summed E-state index contributed by atoms with van der Waals surface area (Å²) in [4.78, 5) is 12.1. The van der Waals surface area contributed by atoms with Gasteiger partial charge in [0.25, 0.3) is 0 Å². The summed E-state index contributed by atoms with van der Waals surface area (Å²) in [5.41, 5.74) is 1.23. The van der Waals surface area contributed by atoms with Crippen LogP contribution in [-0.2, 0) is 20.8 Å². The maximum atomic E-state index is 13.4. The number of alkyl halides is 3. The van der Waals surface area contributed by atoms with Crippen molar-refractivity contribution < 1.29 is 30.8 Å². The van der Waals surface area contributed by atoms with Crippen LogP contribution in [0.1, 0.15) is 16.7 Å². The van der Waals surface area contributed by atoms with Crippen LogP contribution in [0, 0.1) is 5.82 Å². The molecule has 0 heterocycles. The number of aldehydes is 1. The van der Waals surface area contributed by atoms with E-state index in [0.717, 1.165) is 18.4 Å². The second kappa shape index (κ2) is 9.58. The van der Waals surface area contributed by atoms with Crippen LogP contribution in [-0.4, -0.2) is 27.5 Å². The van der Waals surface area contributed by atoms with Gasteiger partial charge in [-0.15, -0.1) is 0 Å². The number of carbonyl (C=O) groups excluding carboxylic acids is 1. The van der Waals surface area contributed by atoms with E-state index in [0.29, 0.717) is 28.7 Å². The molecule has 0 spiro atoms. The lowest BCUT2D eigenvalue weighted by molar-refractivity contribution is -0.137. The van der Waals surface area contributed by atoms with Gasteiger partial charge in [0.1, 0.15) is 5.82 Å². The summed E-state index contributed by atoms with van der Waals surface area (Å²) in [5.74, 6) is -0.481. The molecule has 172 valence electrons. The molecule has 0 unspecified atom stereocenters. The van der Waals surface area contributed by atoms with Crippen LogP contribution in [0.2, 0.25) is 0 Å². The van der Waals surface area contributed by atoms with Crippen molar-refractivity contribution in [1.82, 2.24) is 0 Å². The number of halogens is 4. The molecule has 3 aromatic rings. The van der Waals surface area contributed by atoms with Gasteiger partial charge < -0.3 is 5.32 Å². The first-order valence-electron chi connectivity index (χ1n) is 9.65. The second-order valence-electron chi connectivity index (χ2n) is 7.24. The van der Waals surface area contributed by atoms with E-state index < -0.39 is 27.4 Å². The summed E-state index contributed by atoms with van der Waals surface area (Å²) in [6.07, 6.45) is -2.79. The van der Waals surface area contributed by atoms with E-state index in [1.807, 2.05) is 0 Å². The van der Waals surface area contributed by atoms with E-state index in [9.17, 15) is 30.8 Å². The Bertz CT molecular complexity index is 1260. The Labute approximate surface area is 188 Å². The number of nitrogens with one attached hydrogen (secondary N) is 1. The first kappa shape index (κ1) is 24.2. The van der Waals surface area contributed by atoms with E-state index in [-0.39, 0.29) is 17.0 Å². The highest BCUT2D eigenvalue weighted by molar-refractivity contribution is 7.90. The maximum Gasteiger partial charge on any atom is 0.416 e. The molecule has 3 aromatic carbocycles. The molecule has 0 aliphatic rings. The Morgan fingerprint density at radius 1 is 0.879 bits per heavy atom. The largest absolute Gasteiger partial charge is 0.416 e. The SMILES string of the molecule is CS(=O)(=O)c1ccc(/C(CNc2ccc(C(F)(F)F)cc2)=C(/C=O)c2ccc(F)cc2)cc1. The van der Waals surface area contributed by atoms with Gasteiger partial charge in [0, 0.05) is 24.1 Å². The fourth-order valence-corrected chi connectivity index (χ4v) is 3.80. The Balaban J connectivity index is 2.01. The van der Waals surface area contributed by atoms with E-state index in [1.54, 1.807) is 0 Å². The predicted molar refractivity (Wildman–Crippen MR) is 119 cm³/mol. The maximum absolute atomic E-state index is 13.4. The van der Waals surface area contributed by atoms with Gasteiger partial charge in [-0.2, -0.15) is 13.2 Å². The number of carbonyl (C=O) groups is 1. The normalized spacial score (nSPS) is 12.8. The highest BCUT2D eigenvalue weighted by Gasteiger charge is 2.29. The van der Waals surface area contributed by atoms with Crippen LogP contribution < -0.4 is 5.32 Å². The number of rotatable bonds is 7. The van der Waals surface area contributed by atoms with Gasteiger partial charge in [0.05, 0.1) is 10.5 Å². The summed E-state index contributed by atoms with van der Waals surface area (Å²) in [6.45, 7) is 0.0367. The fraction of sp³-hybridized carbons (Fsp3) is 0.125. The van der Waals surface area contributed by atoms with Crippen molar-refractivity contribution in [2.24, 2.45) is 0 Å². The highest BCUT2D eigenvalue weighted by Crippen LogP contribution is 2.31. The minimum Gasteiger partial charge on any atom is -0.381 e. The van der Waals surface area contributed by atoms with Gasteiger partial charge in [-0.1, -0.05) is 24.3 Å². The Hall–Kier alpha value is -3.46. The average Bonchev–Trinajstić information content (AvgIpc) is 2.77. The summed E-state index contributed by atoms with van der Waals surface area (Å²) in [6, 6.07) is 15.5. The Morgan fingerprint density at radius 2 is 1.42 bits per heavy atom. The summed E-state index contributed by atoms with van der Waals surface area (Å²) < 4.78 is 75.3. The topological polar surface area (TPSA) is 63.2 Å². The van der Waals surface area contributed by atoms with Crippen molar-refractivity contribution in [3.05, 3.63) is 95.3 Å². The van der Waals surface area contributed by atoms with Crippen molar-refractivity contribution in [3.8, 4) is 0 Å². The number of sulfone groups is 1. The molecule has 33 heavy (non-hydrogen) atoms. The zero-order chi connectivity index (χ0) is 24.2. The van der Waals surface area contributed by atoms with Crippen molar-refractivity contribution in [3.63, 3.8) is 0 Å². The second-order valence-corrected chi connectivity index (χ2v) is 9.26. The van der Waals surface area contributed by atoms with Crippen LogP contribution in [0.25, 0.3) is 11.1 Å². The molecule has 0 aromatic heterocycles. The van der Waals surface area contributed by atoms with E-state index >= 15 is 0 Å². The monoisotopic (exact) mass is 477 g/mol. The molecule has 0 bridgehead atoms. The molecule has 0 atom stereocenters. The standard InChI is InChI=1S/C24H19F4NO3S/c1-33(31,32)21-12-4-16(5-13-21)22(23(15-30)17-2-8-19(25)9-3-17)14-29-20-10-6-18(7-11-20)24(26,27)28/h2-13,15,29H,14H2,1H3/b23-22-. The molecule has 0 saturated carbocycles. The van der Waals surface area contributed by atoms with Crippen LogP contribution in [0.5, 0.6) is 0 Å². The lowest BCUT2D eigenvalue weighted by atomic mass is 9.95. The van der Waals surface area contributed by atoms with Crippen LogP contribution in [0.4, 0.5) is 23.2 Å². The van der Waals surface area contributed by atoms with Crippen molar-refractivity contribution in [2.45, 2.75) is 11.1 Å². The molecule has 0 amide bonds. The van der Waals surface area contributed by atoms with Gasteiger partial charge in [-0.3, -0.25) is 4.79 Å². The van der Waals surface area contributed by atoms with Gasteiger partial charge >= 0.3 is 6.18 Å². The molecular weight excluding hydrogens is 458 g/mol. The van der Waals surface area contributed by atoms with Gasteiger partial charge in [-0.25, -0.2) is 12.8 Å². The van der Waals surface area contributed by atoms with Crippen molar-refractivity contribution in [2.75, 3.05) is 18.1 Å². The molecule has 0 aliphatic heterocycles. The minimum absolute atomic E-state index is 0.0367. The third kappa shape index (κ3) is 6.07. The molecule has 0 radical (unpaired) electrons. The molecule has 1 N–H and O–H groups in total. The lowest BCUT2D eigenvalue weighted by Crippen LogP contribution is -2.09. The lowest BCUT2D eigenvalue weighted by Gasteiger charge is -2.16. The summed E-state index contributed by atoms with van der Waals surface area (Å²) in [7, 11) is -3.43. The number of hydrogen-bond acceptors (Lipinski definition) is 4. The van der Waals surface area contributed by atoms with E-state index in [2.05, 4.69) is 5.32 Å². The van der Waals surface area contributed by atoms with E-state index in [1.165, 1.54) is 60.7 Å². The first-order valence-corrected chi connectivity index (χ1v) is 11.5. The molecule has 9 heteroatoms. The van der Waals surface area contributed by atoms with Crippen LogP contribution in [0.15, 0.2) is 77.7 Å². The van der Waals surface area contributed by atoms with Gasteiger partial charge in [-0.05, 0) is 65.2 Å². The highest BCUT2D eigenvalue weighted by atomic mass is 32.2. The molecule has 0 aliphatic carbocycles. The predicted octanol–water partition coefficient (Wildman–Crippen LogP) is 5.47. The van der Waals surface area contributed by atoms with Gasteiger partial charge in [0.2, 0.25) is 0 Å². The van der Waals surface area contributed by atoms with Crippen LogP contribution in [0.3, 0.4) is 0 Å². The third-order valence-corrected chi connectivity index (χ3v) is 6.04. The minimum atomic E-state index is -4.46. The fourth-order valence-electron chi connectivity index (χ4n) is 3.17. The molecule has 0 fully saturated rings. The smallest absolute Gasteiger partial charge is 0.381 e. The quantitative estimate of drug-likeness (QED) is 0.212. The number of anilines is 1. The Kier molecular flexibility index (Phi) is 7.02. The zero-order valence-corrected chi connectivity index (χ0v) is 18.2. The van der Waals surface area contributed by atoms with Crippen molar-refractivity contribution in [1.29, 1.82) is 0 Å². The van der Waals surface area contributed by atoms with Crippen molar-refractivity contribution >= 4 is 33.0 Å². The molecule has 0 saturated heterocycles. The summed E-state index contributed by atoms with van der Waals surface area (Å²) >= 11 is 0. The number of hydrogen-bond donors (Lipinski definition) is 1. The van der Waals surface area contributed by atoms with Crippen LogP contribution >= 0.6 is 0 Å². The van der Waals surface area contributed by atoms with Gasteiger partial charge in [0.15, 0.2) is 16.1 Å². The average molecular weight is 477 g/mol. The summed E-state index contributed by atoms with van der Waals surface area (Å²) in [5, 5.41) is 2.99. The zero-order valence-electron chi connectivity index (χ0n) is 17.4. The number of benzene rings is 3. The first-order chi connectivity index (χ1) is 15.5.